The van der Waals surface area contributed by atoms with Crippen LogP contribution in [0.3, 0.4) is 0 Å². The summed E-state index contributed by atoms with van der Waals surface area (Å²) in [6.45, 7) is 3.32. The molecule has 2 aromatic carbocycles. The number of rotatable bonds is 4. The van der Waals surface area contributed by atoms with Crippen LogP contribution in [0.15, 0.2) is 59.1 Å². The van der Waals surface area contributed by atoms with Crippen LogP contribution in [0.25, 0.3) is 0 Å². The number of anilines is 1. The van der Waals surface area contributed by atoms with Crippen molar-refractivity contribution in [3.05, 3.63) is 64.6 Å². The van der Waals surface area contributed by atoms with Gasteiger partial charge in [0.1, 0.15) is 0 Å². The quantitative estimate of drug-likeness (QED) is 0.906. The molecule has 1 atom stereocenters. The summed E-state index contributed by atoms with van der Waals surface area (Å²) in [6, 6.07) is 19.6. The fourth-order valence-electron chi connectivity index (χ4n) is 2.73. The number of hydrogen-bond donors (Lipinski definition) is 1. The number of para-hydroxylation sites is 1. The average Bonchev–Trinajstić information content (AvgIpc) is 2.90. The van der Waals surface area contributed by atoms with Crippen LogP contribution in [-0.2, 0) is 6.54 Å². The van der Waals surface area contributed by atoms with E-state index in [0.29, 0.717) is 6.04 Å². The smallest absolute Gasteiger partial charge is 0.0487 e. The highest BCUT2D eigenvalue weighted by Gasteiger charge is 2.22. The number of benzene rings is 2. The Morgan fingerprint density at radius 1 is 1.05 bits per heavy atom. The average molecular weight is 331 g/mol. The molecular weight excluding hydrogens is 312 g/mol. The van der Waals surface area contributed by atoms with E-state index in [1.54, 1.807) is 0 Å². The van der Waals surface area contributed by atoms with Crippen LogP contribution in [0.2, 0.25) is 0 Å². The Morgan fingerprint density at radius 2 is 1.80 bits per heavy atom. The minimum atomic E-state index is 0.539. The summed E-state index contributed by atoms with van der Waals surface area (Å²) in [7, 11) is 0. The SMILES string of the molecule is Brc1ccccc1NC1CCN(Cc2ccccc2)C1. The maximum atomic E-state index is 3.64. The molecule has 0 saturated carbocycles. The summed E-state index contributed by atoms with van der Waals surface area (Å²) in [4.78, 5) is 2.52. The molecule has 0 aliphatic carbocycles. The Morgan fingerprint density at radius 3 is 2.60 bits per heavy atom. The molecule has 3 heteroatoms. The number of halogens is 1. The Bertz CT molecular complexity index is 556. The molecule has 0 amide bonds. The molecule has 0 radical (unpaired) electrons. The zero-order valence-corrected chi connectivity index (χ0v) is 13.0. The summed E-state index contributed by atoms with van der Waals surface area (Å²) < 4.78 is 1.14. The Balaban J connectivity index is 1.56. The number of nitrogens with one attached hydrogen (secondary N) is 1. The van der Waals surface area contributed by atoms with E-state index in [4.69, 9.17) is 0 Å². The standard InChI is InChI=1S/C17H19BrN2/c18-16-8-4-5-9-17(16)19-15-10-11-20(13-15)12-14-6-2-1-3-7-14/h1-9,15,19H,10-13H2. The van der Waals surface area contributed by atoms with E-state index in [2.05, 4.69) is 74.7 Å². The number of hydrogen-bond acceptors (Lipinski definition) is 2. The van der Waals surface area contributed by atoms with Gasteiger partial charge in [0.15, 0.2) is 0 Å². The first kappa shape index (κ1) is 13.7. The molecule has 1 unspecified atom stereocenters. The third-order valence-corrected chi connectivity index (χ3v) is 4.45. The van der Waals surface area contributed by atoms with Gasteiger partial charge in [0, 0.05) is 35.8 Å². The van der Waals surface area contributed by atoms with Gasteiger partial charge >= 0.3 is 0 Å². The van der Waals surface area contributed by atoms with Crippen molar-refractivity contribution < 1.29 is 0 Å². The first-order valence-corrected chi connectivity index (χ1v) is 7.88. The second-order valence-corrected chi connectivity index (χ2v) is 6.18. The number of likely N-dealkylation sites (tertiary alicyclic amines) is 1. The van der Waals surface area contributed by atoms with Crippen molar-refractivity contribution in [3.63, 3.8) is 0 Å². The molecule has 1 aliphatic heterocycles. The molecule has 3 rings (SSSR count). The normalized spacial score (nSPS) is 19.1. The van der Waals surface area contributed by atoms with Gasteiger partial charge in [0.2, 0.25) is 0 Å². The molecular formula is C17H19BrN2. The lowest BCUT2D eigenvalue weighted by Crippen LogP contribution is -2.26. The molecule has 2 nitrogen and oxygen atoms in total. The van der Waals surface area contributed by atoms with Gasteiger partial charge in [-0.3, -0.25) is 4.90 Å². The van der Waals surface area contributed by atoms with Crippen LogP contribution in [0.1, 0.15) is 12.0 Å². The Kier molecular flexibility index (Phi) is 4.38. The van der Waals surface area contributed by atoms with E-state index in [-0.39, 0.29) is 0 Å². The molecule has 0 aromatic heterocycles. The van der Waals surface area contributed by atoms with Crippen molar-refractivity contribution in [3.8, 4) is 0 Å². The Hall–Kier alpha value is -1.32. The lowest BCUT2D eigenvalue weighted by molar-refractivity contribution is 0.328. The summed E-state index contributed by atoms with van der Waals surface area (Å²) in [5.41, 5.74) is 2.59. The molecule has 1 heterocycles. The van der Waals surface area contributed by atoms with Gasteiger partial charge in [-0.2, -0.15) is 0 Å². The van der Waals surface area contributed by atoms with E-state index in [0.717, 1.165) is 24.1 Å². The van der Waals surface area contributed by atoms with Gasteiger partial charge < -0.3 is 5.32 Å². The summed E-state index contributed by atoms with van der Waals surface area (Å²) >= 11 is 3.60. The van der Waals surface area contributed by atoms with Crippen molar-refractivity contribution in [2.45, 2.75) is 19.0 Å². The lowest BCUT2D eigenvalue weighted by Gasteiger charge is -2.18. The van der Waals surface area contributed by atoms with E-state index in [9.17, 15) is 0 Å². The van der Waals surface area contributed by atoms with Crippen LogP contribution in [0, 0.1) is 0 Å². The van der Waals surface area contributed by atoms with Gasteiger partial charge in [0.25, 0.3) is 0 Å². The van der Waals surface area contributed by atoms with Crippen molar-refractivity contribution >= 4 is 21.6 Å². The topological polar surface area (TPSA) is 15.3 Å². The van der Waals surface area contributed by atoms with Crippen LogP contribution in [-0.4, -0.2) is 24.0 Å². The van der Waals surface area contributed by atoms with Crippen molar-refractivity contribution in [1.82, 2.24) is 4.90 Å². The van der Waals surface area contributed by atoms with E-state index >= 15 is 0 Å². The highest BCUT2D eigenvalue weighted by atomic mass is 79.9. The molecule has 0 spiro atoms. The highest BCUT2D eigenvalue weighted by Crippen LogP contribution is 2.24. The molecule has 1 aliphatic rings. The van der Waals surface area contributed by atoms with Gasteiger partial charge in [-0.05, 0) is 40.0 Å². The predicted molar refractivity (Wildman–Crippen MR) is 87.9 cm³/mol. The molecule has 1 saturated heterocycles. The monoisotopic (exact) mass is 330 g/mol. The van der Waals surface area contributed by atoms with Crippen LogP contribution < -0.4 is 5.32 Å². The maximum absolute atomic E-state index is 3.64. The van der Waals surface area contributed by atoms with Gasteiger partial charge in [-0.1, -0.05) is 42.5 Å². The third kappa shape index (κ3) is 3.41. The van der Waals surface area contributed by atoms with E-state index < -0.39 is 0 Å². The largest absolute Gasteiger partial charge is 0.380 e. The van der Waals surface area contributed by atoms with Crippen LogP contribution in [0.4, 0.5) is 5.69 Å². The molecule has 1 N–H and O–H groups in total. The number of nitrogens with zero attached hydrogens (tertiary/aromatic N) is 1. The molecule has 104 valence electrons. The molecule has 0 bridgehead atoms. The van der Waals surface area contributed by atoms with E-state index in [1.807, 2.05) is 6.07 Å². The molecule has 20 heavy (non-hydrogen) atoms. The predicted octanol–water partition coefficient (Wildman–Crippen LogP) is 4.14. The minimum Gasteiger partial charge on any atom is -0.380 e. The lowest BCUT2D eigenvalue weighted by atomic mass is 10.2. The summed E-state index contributed by atoms with van der Waals surface area (Å²) in [5.74, 6) is 0. The second kappa shape index (κ2) is 6.42. The highest BCUT2D eigenvalue weighted by molar-refractivity contribution is 9.10. The van der Waals surface area contributed by atoms with Crippen molar-refractivity contribution in [2.24, 2.45) is 0 Å². The van der Waals surface area contributed by atoms with Gasteiger partial charge in [0.05, 0.1) is 0 Å². The zero-order chi connectivity index (χ0) is 13.8. The van der Waals surface area contributed by atoms with Crippen molar-refractivity contribution in [2.75, 3.05) is 18.4 Å². The second-order valence-electron chi connectivity index (χ2n) is 5.33. The van der Waals surface area contributed by atoms with Crippen LogP contribution >= 0.6 is 15.9 Å². The minimum absolute atomic E-state index is 0.539. The third-order valence-electron chi connectivity index (χ3n) is 3.75. The zero-order valence-electron chi connectivity index (χ0n) is 11.4. The first-order chi connectivity index (χ1) is 9.81. The fraction of sp³-hybridized carbons (Fsp3) is 0.294. The van der Waals surface area contributed by atoms with E-state index in [1.165, 1.54) is 17.7 Å². The molecule has 1 fully saturated rings. The maximum Gasteiger partial charge on any atom is 0.0487 e. The summed E-state index contributed by atoms with van der Waals surface area (Å²) in [6.07, 6.45) is 1.20. The van der Waals surface area contributed by atoms with Gasteiger partial charge in [-0.15, -0.1) is 0 Å². The van der Waals surface area contributed by atoms with Crippen molar-refractivity contribution in [1.29, 1.82) is 0 Å². The molecule has 2 aromatic rings. The first-order valence-electron chi connectivity index (χ1n) is 7.08. The van der Waals surface area contributed by atoms with Gasteiger partial charge in [-0.25, -0.2) is 0 Å². The summed E-state index contributed by atoms with van der Waals surface area (Å²) in [5, 5.41) is 3.64. The fourth-order valence-corrected chi connectivity index (χ4v) is 3.13. The Labute approximate surface area is 128 Å². The van der Waals surface area contributed by atoms with Crippen LogP contribution in [0.5, 0.6) is 0 Å².